The summed E-state index contributed by atoms with van der Waals surface area (Å²) in [4.78, 5) is 10.9. The van der Waals surface area contributed by atoms with Gasteiger partial charge < -0.3 is 5.32 Å². The Hall–Kier alpha value is -1.31. The van der Waals surface area contributed by atoms with E-state index in [-0.39, 0.29) is 5.91 Å². The Morgan fingerprint density at radius 2 is 2.10 bits per heavy atom. The van der Waals surface area contributed by atoms with Crippen molar-refractivity contribution in [1.29, 1.82) is 0 Å². The summed E-state index contributed by atoms with van der Waals surface area (Å²) in [6.07, 6.45) is 0. The Kier molecular flexibility index (Phi) is 2.05. The van der Waals surface area contributed by atoms with Crippen molar-refractivity contribution in [3.05, 3.63) is 35.9 Å². The molecule has 1 N–H and O–H groups in total. The monoisotopic (exact) mass is 134 g/mol. The molecule has 0 aliphatic carbocycles. The third-order valence-corrected chi connectivity index (χ3v) is 1.21. The van der Waals surface area contributed by atoms with Crippen LogP contribution in [0.5, 0.6) is 0 Å². The molecule has 2 heteroatoms. The molecule has 0 aromatic heterocycles. The maximum absolute atomic E-state index is 10.9. The first-order chi connectivity index (χ1) is 4.84. The first-order valence-corrected chi connectivity index (χ1v) is 3.03. The number of nitrogens with one attached hydrogen (secondary N) is 1. The predicted molar refractivity (Wildman–Crippen MR) is 38.7 cm³/mol. The van der Waals surface area contributed by atoms with E-state index in [0.29, 0.717) is 5.56 Å². The van der Waals surface area contributed by atoms with Gasteiger partial charge in [-0.2, -0.15) is 0 Å². The zero-order chi connectivity index (χ0) is 7.40. The molecule has 1 aromatic rings. The van der Waals surface area contributed by atoms with Crippen LogP contribution in [-0.4, -0.2) is 13.0 Å². The number of carbonyl (C=O) groups is 1. The minimum Gasteiger partial charge on any atom is -0.355 e. The molecule has 10 heavy (non-hydrogen) atoms. The molecule has 0 spiro atoms. The van der Waals surface area contributed by atoms with Crippen LogP contribution in [0.1, 0.15) is 10.4 Å². The SMILES string of the molecule is CNC(=O)c1cc[c]cc1. The molecule has 0 heterocycles. The van der Waals surface area contributed by atoms with E-state index in [9.17, 15) is 4.79 Å². The Bertz CT molecular complexity index is 218. The van der Waals surface area contributed by atoms with Crippen molar-refractivity contribution in [2.75, 3.05) is 7.05 Å². The summed E-state index contributed by atoms with van der Waals surface area (Å²) < 4.78 is 0. The van der Waals surface area contributed by atoms with E-state index >= 15 is 0 Å². The van der Waals surface area contributed by atoms with Gasteiger partial charge in [-0.25, -0.2) is 0 Å². The standard InChI is InChI=1S/C8H8NO/c1-9-8(10)7-5-3-2-4-6-7/h3-6H,1H3,(H,9,10). The lowest BCUT2D eigenvalue weighted by Gasteiger charge is -1.95. The number of amides is 1. The van der Waals surface area contributed by atoms with E-state index in [0.717, 1.165) is 0 Å². The molecule has 1 rings (SSSR count). The first kappa shape index (κ1) is 6.81. The van der Waals surface area contributed by atoms with Gasteiger partial charge in [0.25, 0.3) is 5.91 Å². The summed E-state index contributed by atoms with van der Waals surface area (Å²) >= 11 is 0. The molecular weight excluding hydrogens is 126 g/mol. The molecule has 0 aliphatic heterocycles. The number of benzene rings is 1. The van der Waals surface area contributed by atoms with Crippen LogP contribution in [0.25, 0.3) is 0 Å². The third kappa shape index (κ3) is 1.35. The number of rotatable bonds is 1. The fraction of sp³-hybridized carbons (Fsp3) is 0.125. The van der Waals surface area contributed by atoms with Gasteiger partial charge in [-0.3, -0.25) is 4.79 Å². The summed E-state index contributed by atoms with van der Waals surface area (Å²) in [5.41, 5.74) is 0.668. The average Bonchev–Trinajstić information content (AvgIpc) is 2.05. The Labute approximate surface area is 59.9 Å². The highest BCUT2D eigenvalue weighted by Crippen LogP contribution is 1.95. The maximum atomic E-state index is 10.9. The van der Waals surface area contributed by atoms with Crippen LogP contribution >= 0.6 is 0 Å². The van der Waals surface area contributed by atoms with Crippen molar-refractivity contribution < 1.29 is 4.79 Å². The minimum absolute atomic E-state index is 0.0611. The molecule has 0 saturated carbocycles. The van der Waals surface area contributed by atoms with Gasteiger partial charge in [-0.1, -0.05) is 12.1 Å². The van der Waals surface area contributed by atoms with Crippen LogP contribution in [0.3, 0.4) is 0 Å². The normalized spacial score (nSPS) is 8.90. The molecule has 0 unspecified atom stereocenters. The van der Waals surface area contributed by atoms with Crippen LogP contribution in [0.4, 0.5) is 0 Å². The highest BCUT2D eigenvalue weighted by atomic mass is 16.1. The molecule has 2 nitrogen and oxygen atoms in total. The minimum atomic E-state index is -0.0611. The lowest BCUT2D eigenvalue weighted by Crippen LogP contribution is -2.17. The van der Waals surface area contributed by atoms with E-state index in [2.05, 4.69) is 11.4 Å². The van der Waals surface area contributed by atoms with E-state index in [1.165, 1.54) is 0 Å². The van der Waals surface area contributed by atoms with E-state index in [1.54, 1.807) is 31.3 Å². The predicted octanol–water partition coefficient (Wildman–Crippen LogP) is 0.846. The van der Waals surface area contributed by atoms with E-state index in [4.69, 9.17) is 0 Å². The van der Waals surface area contributed by atoms with Crippen LogP contribution in [0, 0.1) is 6.07 Å². The lowest BCUT2D eigenvalue weighted by molar-refractivity contribution is 0.0963. The fourth-order valence-electron chi connectivity index (χ4n) is 0.683. The molecular formula is C8H8NO. The highest BCUT2D eigenvalue weighted by molar-refractivity contribution is 5.93. The Balaban J connectivity index is 2.85. The van der Waals surface area contributed by atoms with Crippen molar-refractivity contribution in [3.8, 4) is 0 Å². The van der Waals surface area contributed by atoms with Crippen LogP contribution in [-0.2, 0) is 0 Å². The molecule has 1 amide bonds. The van der Waals surface area contributed by atoms with Gasteiger partial charge in [0, 0.05) is 12.6 Å². The number of carbonyl (C=O) groups excluding carboxylic acids is 1. The van der Waals surface area contributed by atoms with Crippen molar-refractivity contribution in [3.63, 3.8) is 0 Å². The summed E-state index contributed by atoms with van der Waals surface area (Å²) in [5.74, 6) is -0.0611. The summed E-state index contributed by atoms with van der Waals surface area (Å²) in [5, 5.41) is 2.53. The maximum Gasteiger partial charge on any atom is 0.251 e. The van der Waals surface area contributed by atoms with Gasteiger partial charge in [0.15, 0.2) is 0 Å². The van der Waals surface area contributed by atoms with Gasteiger partial charge in [0.05, 0.1) is 0 Å². The molecule has 1 aromatic carbocycles. The zero-order valence-corrected chi connectivity index (χ0v) is 5.72. The molecule has 0 aliphatic rings. The molecule has 0 fully saturated rings. The topological polar surface area (TPSA) is 29.1 Å². The molecule has 0 bridgehead atoms. The van der Waals surface area contributed by atoms with Crippen molar-refractivity contribution in [1.82, 2.24) is 5.32 Å². The van der Waals surface area contributed by atoms with Gasteiger partial charge in [0.1, 0.15) is 0 Å². The second-order valence-electron chi connectivity index (χ2n) is 1.87. The van der Waals surface area contributed by atoms with Crippen molar-refractivity contribution in [2.24, 2.45) is 0 Å². The van der Waals surface area contributed by atoms with Gasteiger partial charge >= 0.3 is 0 Å². The average molecular weight is 134 g/mol. The van der Waals surface area contributed by atoms with Crippen LogP contribution in [0.15, 0.2) is 24.3 Å². The van der Waals surface area contributed by atoms with Gasteiger partial charge in [-0.15, -0.1) is 0 Å². The quantitative estimate of drug-likeness (QED) is 0.606. The molecule has 0 atom stereocenters. The molecule has 0 saturated heterocycles. The fourth-order valence-corrected chi connectivity index (χ4v) is 0.683. The summed E-state index contributed by atoms with van der Waals surface area (Å²) in [7, 11) is 1.61. The second-order valence-corrected chi connectivity index (χ2v) is 1.87. The smallest absolute Gasteiger partial charge is 0.251 e. The third-order valence-electron chi connectivity index (χ3n) is 1.21. The van der Waals surface area contributed by atoms with Crippen LogP contribution in [0.2, 0.25) is 0 Å². The van der Waals surface area contributed by atoms with E-state index in [1.807, 2.05) is 0 Å². The van der Waals surface area contributed by atoms with Gasteiger partial charge in [-0.05, 0) is 18.2 Å². The molecule has 51 valence electrons. The zero-order valence-electron chi connectivity index (χ0n) is 5.72. The van der Waals surface area contributed by atoms with Crippen LogP contribution < -0.4 is 5.32 Å². The van der Waals surface area contributed by atoms with Crippen molar-refractivity contribution >= 4 is 5.91 Å². The van der Waals surface area contributed by atoms with Crippen molar-refractivity contribution in [2.45, 2.75) is 0 Å². The van der Waals surface area contributed by atoms with Gasteiger partial charge in [0.2, 0.25) is 0 Å². The highest BCUT2D eigenvalue weighted by Gasteiger charge is 1.97. The number of hydrogen-bond donors (Lipinski definition) is 1. The second kappa shape index (κ2) is 3.01. The molecule has 1 radical (unpaired) electrons. The summed E-state index contributed by atoms with van der Waals surface area (Å²) in [6.45, 7) is 0. The largest absolute Gasteiger partial charge is 0.355 e. The number of hydrogen-bond acceptors (Lipinski definition) is 1. The van der Waals surface area contributed by atoms with E-state index < -0.39 is 0 Å². The first-order valence-electron chi connectivity index (χ1n) is 3.03. The Morgan fingerprint density at radius 3 is 2.60 bits per heavy atom. The lowest BCUT2D eigenvalue weighted by atomic mass is 10.2. The summed E-state index contributed by atoms with van der Waals surface area (Å²) in [6, 6.07) is 9.70. The Morgan fingerprint density at radius 1 is 1.50 bits per heavy atom.